The van der Waals surface area contributed by atoms with Gasteiger partial charge in [0.15, 0.2) is 6.61 Å². The summed E-state index contributed by atoms with van der Waals surface area (Å²) in [5.74, 6) is 0.00907. The van der Waals surface area contributed by atoms with Crippen molar-refractivity contribution in [3.8, 4) is 5.75 Å². The number of nitrogens with one attached hydrogen (secondary N) is 2. The van der Waals surface area contributed by atoms with Crippen molar-refractivity contribution in [2.75, 3.05) is 11.9 Å². The van der Waals surface area contributed by atoms with E-state index in [1.807, 2.05) is 61.5 Å². The molecule has 0 spiro atoms. The first kappa shape index (κ1) is 19.2. The molecule has 28 heavy (non-hydrogen) atoms. The number of carbonyl (C=O) groups is 2. The Morgan fingerprint density at radius 3 is 2.46 bits per heavy atom. The van der Waals surface area contributed by atoms with Crippen molar-refractivity contribution < 1.29 is 14.3 Å². The van der Waals surface area contributed by atoms with Crippen molar-refractivity contribution in [1.29, 1.82) is 0 Å². The average Bonchev–Trinajstić information content (AvgIpc) is 2.71. The van der Waals surface area contributed by atoms with Crippen molar-refractivity contribution >= 4 is 17.5 Å². The number of anilines is 1. The fraction of sp³-hybridized carbons (Fsp3) is 0.130. The first-order valence-electron chi connectivity index (χ1n) is 9.02. The minimum absolute atomic E-state index is 0.136. The van der Waals surface area contributed by atoms with E-state index in [-0.39, 0.29) is 18.4 Å². The summed E-state index contributed by atoms with van der Waals surface area (Å²) in [6.45, 7) is 2.27. The Kier molecular flexibility index (Phi) is 6.41. The molecule has 3 aromatic carbocycles. The molecule has 142 valence electrons. The molecule has 2 amide bonds. The van der Waals surface area contributed by atoms with E-state index in [0.29, 0.717) is 17.9 Å². The Morgan fingerprint density at radius 2 is 1.68 bits per heavy atom. The van der Waals surface area contributed by atoms with Crippen molar-refractivity contribution in [1.82, 2.24) is 5.32 Å². The summed E-state index contributed by atoms with van der Waals surface area (Å²) in [5, 5.41) is 5.66. The molecule has 0 atom stereocenters. The third kappa shape index (κ3) is 5.71. The summed E-state index contributed by atoms with van der Waals surface area (Å²) in [6, 6.07) is 24.0. The Labute approximate surface area is 164 Å². The maximum atomic E-state index is 12.3. The molecule has 0 radical (unpaired) electrons. The van der Waals surface area contributed by atoms with E-state index in [1.165, 1.54) is 0 Å². The van der Waals surface area contributed by atoms with Crippen LogP contribution in [0.4, 0.5) is 5.69 Å². The van der Waals surface area contributed by atoms with Gasteiger partial charge in [-0.3, -0.25) is 9.59 Å². The molecule has 5 nitrogen and oxygen atoms in total. The smallest absolute Gasteiger partial charge is 0.262 e. The van der Waals surface area contributed by atoms with Crippen LogP contribution >= 0.6 is 0 Å². The quantitative estimate of drug-likeness (QED) is 0.658. The molecule has 0 unspecified atom stereocenters. The highest BCUT2D eigenvalue weighted by Crippen LogP contribution is 2.14. The minimum Gasteiger partial charge on any atom is -0.484 e. The van der Waals surface area contributed by atoms with E-state index in [1.54, 1.807) is 24.3 Å². The summed E-state index contributed by atoms with van der Waals surface area (Å²) in [6.07, 6.45) is 0. The number of benzene rings is 3. The van der Waals surface area contributed by atoms with Gasteiger partial charge in [0.05, 0.1) is 0 Å². The van der Waals surface area contributed by atoms with Crippen LogP contribution in [0.2, 0.25) is 0 Å². The molecule has 0 saturated heterocycles. The lowest BCUT2D eigenvalue weighted by Gasteiger charge is -2.10. The van der Waals surface area contributed by atoms with Gasteiger partial charge in [-0.15, -0.1) is 0 Å². The highest BCUT2D eigenvalue weighted by atomic mass is 16.5. The van der Waals surface area contributed by atoms with E-state index in [2.05, 4.69) is 10.6 Å². The molecule has 3 rings (SSSR count). The lowest BCUT2D eigenvalue weighted by Crippen LogP contribution is -2.23. The maximum Gasteiger partial charge on any atom is 0.262 e. The second kappa shape index (κ2) is 9.37. The molecule has 0 saturated carbocycles. The van der Waals surface area contributed by atoms with Gasteiger partial charge in [0.2, 0.25) is 0 Å². The zero-order chi connectivity index (χ0) is 19.8. The average molecular weight is 374 g/mol. The number of amides is 2. The summed E-state index contributed by atoms with van der Waals surface area (Å²) in [7, 11) is 0. The standard InChI is InChI=1S/C23H22N2O3/c1-17-7-5-11-20(13-17)25-22(26)16-28-21-12-6-10-19(14-21)23(27)24-15-18-8-3-2-4-9-18/h2-14H,15-16H2,1H3,(H,24,27)(H,25,26). The zero-order valence-corrected chi connectivity index (χ0v) is 15.6. The fourth-order valence-electron chi connectivity index (χ4n) is 2.68. The Balaban J connectivity index is 1.52. The minimum atomic E-state index is -0.260. The molecule has 0 aromatic heterocycles. The SMILES string of the molecule is Cc1cccc(NC(=O)COc2cccc(C(=O)NCc3ccccc3)c2)c1. The first-order chi connectivity index (χ1) is 13.6. The molecule has 2 N–H and O–H groups in total. The summed E-state index contributed by atoms with van der Waals surface area (Å²) in [5.41, 5.74) is 3.29. The zero-order valence-electron chi connectivity index (χ0n) is 15.6. The predicted octanol–water partition coefficient (Wildman–Crippen LogP) is 3.94. The number of rotatable bonds is 7. The number of hydrogen-bond acceptors (Lipinski definition) is 3. The largest absolute Gasteiger partial charge is 0.484 e. The topological polar surface area (TPSA) is 67.4 Å². The van der Waals surface area contributed by atoms with Gasteiger partial charge in [-0.2, -0.15) is 0 Å². The Hall–Kier alpha value is -3.60. The second-order valence-electron chi connectivity index (χ2n) is 6.40. The molecule has 0 heterocycles. The fourth-order valence-corrected chi connectivity index (χ4v) is 2.68. The molecule has 5 heteroatoms. The van der Waals surface area contributed by atoms with Crippen LogP contribution in [0.1, 0.15) is 21.5 Å². The first-order valence-corrected chi connectivity index (χ1v) is 9.02. The van der Waals surface area contributed by atoms with Gasteiger partial charge in [-0.05, 0) is 48.4 Å². The number of hydrogen-bond donors (Lipinski definition) is 2. The second-order valence-corrected chi connectivity index (χ2v) is 6.40. The molecular weight excluding hydrogens is 352 g/mol. The predicted molar refractivity (Wildman–Crippen MR) is 109 cm³/mol. The van der Waals surface area contributed by atoms with Gasteiger partial charge in [0, 0.05) is 17.8 Å². The lowest BCUT2D eigenvalue weighted by molar-refractivity contribution is -0.118. The van der Waals surface area contributed by atoms with Gasteiger partial charge in [0.1, 0.15) is 5.75 Å². The molecule has 0 aliphatic carbocycles. The summed E-state index contributed by atoms with van der Waals surface area (Å²) in [4.78, 5) is 24.4. The molecule has 3 aromatic rings. The third-order valence-corrected chi connectivity index (χ3v) is 4.06. The van der Waals surface area contributed by atoms with Crippen LogP contribution < -0.4 is 15.4 Å². The van der Waals surface area contributed by atoms with Gasteiger partial charge < -0.3 is 15.4 Å². The van der Waals surface area contributed by atoms with Crippen molar-refractivity contribution in [3.63, 3.8) is 0 Å². The highest BCUT2D eigenvalue weighted by molar-refractivity contribution is 5.94. The van der Waals surface area contributed by atoms with Gasteiger partial charge in [-0.25, -0.2) is 0 Å². The Bertz CT molecular complexity index is 955. The van der Waals surface area contributed by atoms with Crippen LogP contribution in [-0.2, 0) is 11.3 Å². The molecule has 0 fully saturated rings. The van der Waals surface area contributed by atoms with E-state index >= 15 is 0 Å². The van der Waals surface area contributed by atoms with E-state index in [9.17, 15) is 9.59 Å². The number of carbonyl (C=O) groups excluding carboxylic acids is 2. The van der Waals surface area contributed by atoms with E-state index in [0.717, 1.165) is 16.8 Å². The van der Waals surface area contributed by atoms with Gasteiger partial charge >= 0.3 is 0 Å². The van der Waals surface area contributed by atoms with E-state index < -0.39 is 0 Å². The van der Waals surface area contributed by atoms with Crippen molar-refractivity contribution in [2.24, 2.45) is 0 Å². The van der Waals surface area contributed by atoms with Crippen LogP contribution in [0.3, 0.4) is 0 Å². The summed E-state index contributed by atoms with van der Waals surface area (Å²) >= 11 is 0. The van der Waals surface area contributed by atoms with Crippen molar-refractivity contribution in [2.45, 2.75) is 13.5 Å². The van der Waals surface area contributed by atoms with Gasteiger partial charge in [-0.1, -0.05) is 48.5 Å². The van der Waals surface area contributed by atoms with Crippen LogP contribution in [0.25, 0.3) is 0 Å². The lowest BCUT2D eigenvalue weighted by atomic mass is 10.2. The summed E-state index contributed by atoms with van der Waals surface area (Å²) < 4.78 is 5.53. The van der Waals surface area contributed by atoms with Gasteiger partial charge in [0.25, 0.3) is 11.8 Å². The molecular formula is C23H22N2O3. The van der Waals surface area contributed by atoms with Crippen LogP contribution in [0, 0.1) is 6.92 Å². The molecule has 0 aliphatic heterocycles. The number of ether oxygens (including phenoxy) is 1. The van der Waals surface area contributed by atoms with E-state index in [4.69, 9.17) is 4.74 Å². The molecule has 0 aliphatic rings. The van der Waals surface area contributed by atoms with Crippen LogP contribution in [0.5, 0.6) is 5.75 Å². The highest BCUT2D eigenvalue weighted by Gasteiger charge is 2.08. The monoisotopic (exact) mass is 374 g/mol. The maximum absolute atomic E-state index is 12.3. The Morgan fingerprint density at radius 1 is 0.893 bits per heavy atom. The van der Waals surface area contributed by atoms with Crippen LogP contribution in [-0.4, -0.2) is 18.4 Å². The third-order valence-electron chi connectivity index (χ3n) is 4.06. The number of aryl methyl sites for hydroxylation is 1. The molecule has 0 bridgehead atoms. The normalized spacial score (nSPS) is 10.2. The van der Waals surface area contributed by atoms with Crippen LogP contribution in [0.15, 0.2) is 78.9 Å². The van der Waals surface area contributed by atoms with Crippen molar-refractivity contribution in [3.05, 3.63) is 95.6 Å².